The zero-order valence-corrected chi connectivity index (χ0v) is 11.0. The number of nitrogens with one attached hydrogen (secondary N) is 1. The fraction of sp³-hybridized carbons (Fsp3) is 0.200. The minimum Gasteiger partial charge on any atom is -0.496 e. The summed E-state index contributed by atoms with van der Waals surface area (Å²) in [6.07, 6.45) is 1.50. The third-order valence-corrected chi connectivity index (χ3v) is 3.42. The normalized spacial score (nSPS) is 10.4. The van der Waals surface area contributed by atoms with Gasteiger partial charge in [-0.3, -0.25) is 5.10 Å². The van der Waals surface area contributed by atoms with Crippen molar-refractivity contribution in [3.63, 3.8) is 0 Å². The van der Waals surface area contributed by atoms with E-state index in [0.29, 0.717) is 0 Å². The summed E-state index contributed by atoms with van der Waals surface area (Å²) in [4.78, 5) is 4.05. The molecule has 0 atom stereocenters. The molecule has 84 valence electrons. The molecule has 0 saturated heterocycles. The molecule has 1 heterocycles. The van der Waals surface area contributed by atoms with Crippen LogP contribution in [0.4, 0.5) is 0 Å². The highest BCUT2D eigenvalue weighted by atomic mass is 79.9. The second-order valence-corrected chi connectivity index (χ2v) is 4.92. The summed E-state index contributed by atoms with van der Waals surface area (Å²) >= 11 is 5.03. The van der Waals surface area contributed by atoms with Crippen LogP contribution in [-0.2, 0) is 5.75 Å². The molecular formula is C10H10BrN3OS. The summed E-state index contributed by atoms with van der Waals surface area (Å²) < 4.78 is 6.33. The Kier molecular flexibility index (Phi) is 3.84. The van der Waals surface area contributed by atoms with E-state index in [0.717, 1.165) is 26.7 Å². The maximum absolute atomic E-state index is 5.29. The van der Waals surface area contributed by atoms with Gasteiger partial charge in [-0.1, -0.05) is 27.7 Å². The second kappa shape index (κ2) is 5.36. The molecule has 4 nitrogen and oxygen atoms in total. The van der Waals surface area contributed by atoms with Crippen LogP contribution in [0.3, 0.4) is 0 Å². The van der Waals surface area contributed by atoms with E-state index in [-0.39, 0.29) is 0 Å². The average Bonchev–Trinajstić information content (AvgIpc) is 2.79. The monoisotopic (exact) mass is 299 g/mol. The lowest BCUT2D eigenvalue weighted by molar-refractivity contribution is 0.411. The fourth-order valence-electron chi connectivity index (χ4n) is 1.27. The molecule has 0 spiro atoms. The Labute approximate surface area is 106 Å². The Morgan fingerprint density at radius 2 is 2.38 bits per heavy atom. The molecule has 2 rings (SSSR count). The van der Waals surface area contributed by atoms with Crippen molar-refractivity contribution in [2.24, 2.45) is 0 Å². The smallest absolute Gasteiger partial charge is 0.183 e. The van der Waals surface area contributed by atoms with Crippen molar-refractivity contribution in [3.8, 4) is 5.75 Å². The summed E-state index contributed by atoms with van der Waals surface area (Å²) in [7, 11) is 1.67. The molecule has 16 heavy (non-hydrogen) atoms. The Balaban J connectivity index is 2.11. The summed E-state index contributed by atoms with van der Waals surface area (Å²) in [5, 5.41) is 7.41. The quantitative estimate of drug-likeness (QED) is 0.882. The van der Waals surface area contributed by atoms with Crippen molar-refractivity contribution in [1.82, 2.24) is 15.2 Å². The molecule has 2 aromatic rings. The highest BCUT2D eigenvalue weighted by molar-refractivity contribution is 9.10. The van der Waals surface area contributed by atoms with Crippen LogP contribution >= 0.6 is 27.7 Å². The number of methoxy groups -OCH3 is 1. The van der Waals surface area contributed by atoms with E-state index in [9.17, 15) is 0 Å². The van der Waals surface area contributed by atoms with Gasteiger partial charge in [0, 0.05) is 15.8 Å². The number of H-pyrrole nitrogens is 1. The molecule has 0 radical (unpaired) electrons. The lowest BCUT2D eigenvalue weighted by Crippen LogP contribution is -1.90. The van der Waals surface area contributed by atoms with Crippen molar-refractivity contribution >= 4 is 27.7 Å². The van der Waals surface area contributed by atoms with Gasteiger partial charge in [0.1, 0.15) is 12.1 Å². The van der Waals surface area contributed by atoms with Gasteiger partial charge in [-0.05, 0) is 18.2 Å². The van der Waals surface area contributed by atoms with Crippen LogP contribution in [0.15, 0.2) is 34.2 Å². The second-order valence-electron chi connectivity index (χ2n) is 3.04. The maximum Gasteiger partial charge on any atom is 0.183 e. The fourth-order valence-corrected chi connectivity index (χ4v) is 2.44. The van der Waals surface area contributed by atoms with Gasteiger partial charge < -0.3 is 4.74 Å². The van der Waals surface area contributed by atoms with Crippen LogP contribution < -0.4 is 4.74 Å². The minimum atomic E-state index is 0.789. The van der Waals surface area contributed by atoms with Crippen molar-refractivity contribution in [3.05, 3.63) is 34.6 Å². The van der Waals surface area contributed by atoms with Crippen molar-refractivity contribution in [2.45, 2.75) is 10.9 Å². The van der Waals surface area contributed by atoms with Gasteiger partial charge in [0.2, 0.25) is 0 Å². The first-order valence-corrected chi connectivity index (χ1v) is 6.38. The van der Waals surface area contributed by atoms with Crippen molar-refractivity contribution in [1.29, 1.82) is 0 Å². The predicted molar refractivity (Wildman–Crippen MR) is 66.6 cm³/mol. The first-order chi connectivity index (χ1) is 7.79. The lowest BCUT2D eigenvalue weighted by atomic mass is 10.2. The van der Waals surface area contributed by atoms with Crippen molar-refractivity contribution < 1.29 is 4.74 Å². The third kappa shape index (κ3) is 2.76. The molecule has 1 N–H and O–H groups in total. The Morgan fingerprint density at radius 3 is 3.06 bits per heavy atom. The molecular weight excluding hydrogens is 290 g/mol. The molecule has 0 unspecified atom stereocenters. The molecule has 6 heteroatoms. The number of rotatable bonds is 4. The van der Waals surface area contributed by atoms with Crippen LogP contribution in [0.25, 0.3) is 0 Å². The zero-order chi connectivity index (χ0) is 11.4. The van der Waals surface area contributed by atoms with E-state index in [1.165, 1.54) is 6.33 Å². The standard InChI is InChI=1S/C10H10BrN3OS/c1-15-9-3-2-8(11)4-7(9)5-16-10-12-6-13-14-10/h2-4,6H,5H2,1H3,(H,12,13,14). The number of ether oxygens (including phenoxy) is 1. The third-order valence-electron chi connectivity index (χ3n) is 2.00. The van der Waals surface area contributed by atoms with Crippen LogP contribution in [0.5, 0.6) is 5.75 Å². The molecule has 0 aliphatic rings. The first kappa shape index (κ1) is 11.5. The number of hydrogen-bond donors (Lipinski definition) is 1. The van der Waals surface area contributed by atoms with Crippen molar-refractivity contribution in [2.75, 3.05) is 7.11 Å². The Hall–Kier alpha value is -1.01. The largest absolute Gasteiger partial charge is 0.496 e. The lowest BCUT2D eigenvalue weighted by Gasteiger charge is -2.07. The van der Waals surface area contributed by atoms with E-state index in [1.807, 2.05) is 18.2 Å². The number of halogens is 1. The SMILES string of the molecule is COc1ccc(Br)cc1CSc1ncn[nH]1. The molecule has 0 amide bonds. The minimum absolute atomic E-state index is 0.789. The maximum atomic E-state index is 5.29. The Bertz CT molecular complexity index is 461. The predicted octanol–water partition coefficient (Wildman–Crippen LogP) is 2.87. The van der Waals surface area contributed by atoms with Gasteiger partial charge in [0.05, 0.1) is 7.11 Å². The topological polar surface area (TPSA) is 50.8 Å². The molecule has 0 aliphatic heterocycles. The van der Waals surface area contributed by atoms with E-state index >= 15 is 0 Å². The number of thioether (sulfide) groups is 1. The van der Waals surface area contributed by atoms with Gasteiger partial charge in [-0.15, -0.1) is 0 Å². The van der Waals surface area contributed by atoms with E-state index in [2.05, 4.69) is 31.1 Å². The number of nitrogens with zero attached hydrogens (tertiary/aromatic N) is 2. The highest BCUT2D eigenvalue weighted by Gasteiger charge is 2.05. The zero-order valence-electron chi connectivity index (χ0n) is 8.61. The summed E-state index contributed by atoms with van der Waals surface area (Å²) in [5.41, 5.74) is 1.12. The van der Waals surface area contributed by atoms with Gasteiger partial charge >= 0.3 is 0 Å². The number of aromatic nitrogens is 3. The summed E-state index contributed by atoms with van der Waals surface area (Å²) in [6, 6.07) is 5.95. The van der Waals surface area contributed by atoms with Crippen LogP contribution in [0, 0.1) is 0 Å². The molecule has 1 aromatic carbocycles. The van der Waals surface area contributed by atoms with E-state index in [4.69, 9.17) is 4.74 Å². The molecule has 0 saturated carbocycles. The van der Waals surface area contributed by atoms with E-state index < -0.39 is 0 Å². The van der Waals surface area contributed by atoms with Gasteiger partial charge in [-0.25, -0.2) is 4.98 Å². The van der Waals surface area contributed by atoms with Gasteiger partial charge in [0.25, 0.3) is 0 Å². The highest BCUT2D eigenvalue weighted by Crippen LogP contribution is 2.28. The molecule has 1 aromatic heterocycles. The average molecular weight is 300 g/mol. The van der Waals surface area contributed by atoms with Gasteiger partial charge in [-0.2, -0.15) is 5.10 Å². The number of benzene rings is 1. The first-order valence-electron chi connectivity index (χ1n) is 4.60. The number of hydrogen-bond acceptors (Lipinski definition) is 4. The van der Waals surface area contributed by atoms with Crippen LogP contribution in [0.2, 0.25) is 0 Å². The van der Waals surface area contributed by atoms with Crippen LogP contribution in [0.1, 0.15) is 5.56 Å². The number of aromatic amines is 1. The summed E-state index contributed by atoms with van der Waals surface area (Å²) in [5.74, 6) is 1.67. The van der Waals surface area contributed by atoms with Gasteiger partial charge in [0.15, 0.2) is 5.16 Å². The summed E-state index contributed by atoms with van der Waals surface area (Å²) in [6.45, 7) is 0. The Morgan fingerprint density at radius 1 is 1.50 bits per heavy atom. The molecule has 0 bridgehead atoms. The molecule has 0 fully saturated rings. The van der Waals surface area contributed by atoms with E-state index in [1.54, 1.807) is 18.9 Å². The van der Waals surface area contributed by atoms with Crippen LogP contribution in [-0.4, -0.2) is 22.3 Å². The molecule has 0 aliphatic carbocycles.